The van der Waals surface area contributed by atoms with Crippen molar-refractivity contribution in [1.82, 2.24) is 9.71 Å². The molecule has 0 unspecified atom stereocenters. The predicted octanol–water partition coefficient (Wildman–Crippen LogP) is 4.60. The number of rotatable bonds is 2. The maximum atomic E-state index is 11.4. The van der Waals surface area contributed by atoms with Crippen LogP contribution in [0.3, 0.4) is 0 Å². The van der Waals surface area contributed by atoms with Crippen LogP contribution in [0.1, 0.15) is 10.4 Å². The van der Waals surface area contributed by atoms with Gasteiger partial charge in [-0.2, -0.15) is 4.73 Å². The fraction of sp³-hybridized carbons (Fsp3) is 0. The Bertz CT molecular complexity index is 1130. The number of amides is 1. The van der Waals surface area contributed by atoms with E-state index in [-0.39, 0.29) is 5.56 Å². The summed E-state index contributed by atoms with van der Waals surface area (Å²) in [5.41, 5.74) is 3.37. The van der Waals surface area contributed by atoms with Crippen LogP contribution in [0.2, 0.25) is 0 Å². The highest BCUT2D eigenvalue weighted by atomic mass is 16.5. The molecule has 1 amide bonds. The van der Waals surface area contributed by atoms with E-state index in [0.29, 0.717) is 22.6 Å². The predicted molar refractivity (Wildman–Crippen MR) is 95.6 cm³/mol. The summed E-state index contributed by atoms with van der Waals surface area (Å²) in [7, 11) is 0. The third kappa shape index (κ3) is 2.61. The van der Waals surface area contributed by atoms with Crippen LogP contribution in [0.4, 0.5) is 0 Å². The van der Waals surface area contributed by atoms with Gasteiger partial charge in [0.15, 0.2) is 11.3 Å². The van der Waals surface area contributed by atoms with E-state index in [1.807, 2.05) is 24.3 Å². The van der Waals surface area contributed by atoms with Gasteiger partial charge in [-0.3, -0.25) is 4.79 Å². The molecule has 0 saturated carbocycles. The van der Waals surface area contributed by atoms with Crippen LogP contribution < -0.4 is 0 Å². The zero-order valence-corrected chi connectivity index (χ0v) is 13.4. The van der Waals surface area contributed by atoms with Crippen molar-refractivity contribution in [2.45, 2.75) is 0 Å². The van der Waals surface area contributed by atoms with Gasteiger partial charge >= 0.3 is 5.91 Å². The number of H-pyrrole nitrogens is 1. The molecule has 2 heterocycles. The standard InChI is InChI=1S/C19H13N3O4/c23-19(21-24)13-7-5-12(6-8-13)17-18-14(9-10-22(17)25)11-20-15-3-1-2-4-16(15)26-18/h1-11,20,25H. The molecule has 0 aliphatic carbocycles. The number of fused-ring (bicyclic) bond motifs is 2. The lowest BCUT2D eigenvalue weighted by atomic mass is 10.0. The number of benzene rings is 2. The largest absolute Gasteiger partial charge is 0.452 e. The third-order valence-electron chi connectivity index (χ3n) is 4.07. The Kier molecular flexibility index (Phi) is 3.74. The van der Waals surface area contributed by atoms with Gasteiger partial charge in [0.25, 0.3) is 0 Å². The summed E-state index contributed by atoms with van der Waals surface area (Å²) in [6, 6.07) is 15.4. The first-order valence-corrected chi connectivity index (χ1v) is 7.80. The normalized spacial score (nSPS) is 10.8. The molecule has 2 aromatic carbocycles. The van der Waals surface area contributed by atoms with Crippen molar-refractivity contribution in [3.63, 3.8) is 0 Å². The molecule has 0 saturated heterocycles. The van der Waals surface area contributed by atoms with Crippen molar-refractivity contribution >= 4 is 17.0 Å². The highest BCUT2D eigenvalue weighted by molar-refractivity contribution is 5.95. The van der Waals surface area contributed by atoms with E-state index in [1.54, 1.807) is 24.4 Å². The molecular formula is C19H13N3O4. The number of carbonyl (C=O) groups excluding carboxylic acids is 1. The number of aromatic nitrogens is 2. The minimum Gasteiger partial charge on any atom is -0.452 e. The van der Waals surface area contributed by atoms with Gasteiger partial charge in [-0.05, 0) is 30.3 Å². The second-order valence-electron chi connectivity index (χ2n) is 5.65. The fourth-order valence-corrected chi connectivity index (χ4v) is 2.79. The quantitative estimate of drug-likeness (QED) is 0.408. The molecule has 0 fully saturated rings. The van der Waals surface area contributed by atoms with E-state index in [4.69, 9.17) is 4.42 Å². The number of hydrogen-bond acceptors (Lipinski definition) is 4. The summed E-state index contributed by atoms with van der Waals surface area (Å²) < 4.78 is 7.01. The third-order valence-corrected chi connectivity index (χ3v) is 4.07. The lowest BCUT2D eigenvalue weighted by molar-refractivity contribution is 0.100. The summed E-state index contributed by atoms with van der Waals surface area (Å²) in [5, 5.41) is 12.8. The minimum absolute atomic E-state index is 0.176. The van der Waals surface area contributed by atoms with Crippen molar-refractivity contribution in [3.8, 4) is 22.6 Å². The van der Waals surface area contributed by atoms with E-state index < -0.39 is 5.91 Å². The molecule has 0 bridgehead atoms. The summed E-state index contributed by atoms with van der Waals surface area (Å²) in [6.45, 7) is 0. The molecule has 2 N–H and O–H groups in total. The van der Waals surface area contributed by atoms with Crippen LogP contribution in [0, 0.1) is 4.91 Å². The van der Waals surface area contributed by atoms with Crippen molar-refractivity contribution in [2.75, 3.05) is 0 Å². The molecular weight excluding hydrogens is 334 g/mol. The summed E-state index contributed by atoms with van der Waals surface area (Å²) >= 11 is 0. The second-order valence-corrected chi connectivity index (χ2v) is 5.65. The molecule has 7 heteroatoms. The molecule has 2 aliphatic rings. The minimum atomic E-state index is -0.844. The highest BCUT2D eigenvalue weighted by Crippen LogP contribution is 2.33. The number of nitroso groups, excluding NO2 is 1. The Morgan fingerprint density at radius 2 is 1.81 bits per heavy atom. The Labute approximate surface area is 147 Å². The first kappa shape index (κ1) is 15.6. The summed E-state index contributed by atoms with van der Waals surface area (Å²) in [6.07, 6.45) is 3.29. The SMILES string of the molecule is O=NC(=O)c1ccc(-c2c3oc4ccccc4[nH]cc-3ccn2O)cc1. The molecule has 2 aromatic rings. The smallest absolute Gasteiger partial charge is 0.316 e. The molecule has 7 nitrogen and oxygen atoms in total. The van der Waals surface area contributed by atoms with Crippen LogP contribution in [-0.4, -0.2) is 20.8 Å². The fourth-order valence-electron chi connectivity index (χ4n) is 2.79. The first-order valence-electron chi connectivity index (χ1n) is 7.80. The molecule has 128 valence electrons. The van der Waals surface area contributed by atoms with Gasteiger partial charge in [-0.25, -0.2) is 0 Å². The Hall–Kier alpha value is -3.87. The van der Waals surface area contributed by atoms with Gasteiger partial charge in [0.05, 0.1) is 5.52 Å². The molecule has 26 heavy (non-hydrogen) atoms. The topological polar surface area (TPSA) is 101 Å². The van der Waals surface area contributed by atoms with Crippen LogP contribution in [0.5, 0.6) is 0 Å². The van der Waals surface area contributed by atoms with Crippen molar-refractivity contribution < 1.29 is 14.4 Å². The van der Waals surface area contributed by atoms with Crippen LogP contribution in [-0.2, 0) is 0 Å². The summed E-state index contributed by atoms with van der Waals surface area (Å²) in [5.74, 6) is -0.386. The molecule has 0 spiro atoms. The summed E-state index contributed by atoms with van der Waals surface area (Å²) in [4.78, 5) is 24.9. The number of para-hydroxylation sites is 2. The number of pyridine rings is 1. The van der Waals surface area contributed by atoms with E-state index in [9.17, 15) is 14.9 Å². The number of hydrogen-bond donors (Lipinski definition) is 2. The lowest BCUT2D eigenvalue weighted by Crippen LogP contribution is -2.01. The number of carbonyl (C=O) groups is 1. The van der Waals surface area contributed by atoms with Gasteiger partial charge in [0.1, 0.15) is 5.69 Å². The average Bonchev–Trinajstić information content (AvgIpc) is 2.87. The Morgan fingerprint density at radius 1 is 1.04 bits per heavy atom. The van der Waals surface area contributed by atoms with E-state index in [2.05, 4.69) is 10.2 Å². The van der Waals surface area contributed by atoms with Crippen LogP contribution >= 0.6 is 0 Å². The van der Waals surface area contributed by atoms with E-state index in [1.165, 1.54) is 18.3 Å². The zero-order chi connectivity index (χ0) is 18.1. The van der Waals surface area contributed by atoms with Crippen LogP contribution in [0.25, 0.3) is 33.7 Å². The number of nitrogens with one attached hydrogen (secondary N) is 1. The first-order chi connectivity index (χ1) is 12.7. The van der Waals surface area contributed by atoms with E-state index >= 15 is 0 Å². The van der Waals surface area contributed by atoms with Gasteiger partial charge in [0.2, 0.25) is 0 Å². The maximum Gasteiger partial charge on any atom is 0.316 e. The van der Waals surface area contributed by atoms with Gasteiger partial charge < -0.3 is 14.6 Å². The van der Waals surface area contributed by atoms with Crippen molar-refractivity contribution in [3.05, 3.63) is 77.5 Å². The molecule has 0 radical (unpaired) electrons. The average molecular weight is 347 g/mol. The van der Waals surface area contributed by atoms with Crippen molar-refractivity contribution in [1.29, 1.82) is 0 Å². The Balaban J connectivity index is 1.97. The van der Waals surface area contributed by atoms with E-state index in [0.717, 1.165) is 15.8 Å². The number of nitrogens with zero attached hydrogens (tertiary/aromatic N) is 2. The lowest BCUT2D eigenvalue weighted by Gasteiger charge is -2.12. The number of aromatic amines is 1. The highest BCUT2D eigenvalue weighted by Gasteiger charge is 2.17. The van der Waals surface area contributed by atoms with Crippen LogP contribution in [0.15, 0.2) is 76.6 Å². The van der Waals surface area contributed by atoms with Gasteiger partial charge in [-0.15, -0.1) is 4.91 Å². The molecule has 4 rings (SSSR count). The van der Waals surface area contributed by atoms with Gasteiger partial charge in [0, 0.05) is 34.3 Å². The molecule has 2 aliphatic heterocycles. The molecule has 0 aromatic heterocycles. The van der Waals surface area contributed by atoms with Gasteiger partial charge in [-0.1, -0.05) is 24.3 Å². The monoisotopic (exact) mass is 347 g/mol. The maximum absolute atomic E-state index is 11.4. The van der Waals surface area contributed by atoms with Crippen molar-refractivity contribution in [2.24, 2.45) is 5.18 Å². The Morgan fingerprint density at radius 3 is 2.58 bits per heavy atom. The second kappa shape index (κ2) is 6.21. The zero-order valence-electron chi connectivity index (χ0n) is 13.4. The molecule has 0 atom stereocenters.